The third kappa shape index (κ3) is 2.22. The molecule has 1 atom stereocenters. The van der Waals surface area contributed by atoms with Crippen molar-refractivity contribution >= 4 is 23.8 Å². The Morgan fingerprint density at radius 3 is 2.72 bits per heavy atom. The normalized spacial score (nSPS) is 18.2. The average Bonchev–Trinajstić information content (AvgIpc) is 2.73. The molecule has 1 aromatic rings. The van der Waals surface area contributed by atoms with Crippen molar-refractivity contribution in [1.29, 1.82) is 0 Å². The van der Waals surface area contributed by atoms with Crippen molar-refractivity contribution in [3.8, 4) is 0 Å². The maximum Gasteiger partial charge on any atom is 0.324 e. The molecule has 6 heteroatoms. The number of carbonyl (C=O) groups excluding carboxylic acids is 2. The molecule has 5 nitrogen and oxygen atoms in total. The Kier molecular flexibility index (Phi) is 3.36. The summed E-state index contributed by atoms with van der Waals surface area (Å²) in [6.45, 7) is 1.86. The van der Waals surface area contributed by atoms with Crippen LogP contribution in [-0.2, 0) is 14.3 Å². The van der Waals surface area contributed by atoms with Crippen molar-refractivity contribution in [2.75, 3.05) is 11.6 Å². The highest BCUT2D eigenvalue weighted by Gasteiger charge is 2.36. The first kappa shape index (κ1) is 12.2. The Balaban J connectivity index is 2.15. The number of hydrogen-bond donors (Lipinski definition) is 0. The summed E-state index contributed by atoms with van der Waals surface area (Å²) in [5.41, 5.74) is 0.407. The van der Waals surface area contributed by atoms with Crippen molar-refractivity contribution in [3.63, 3.8) is 0 Å². The smallest absolute Gasteiger partial charge is 0.324 e. The van der Waals surface area contributed by atoms with E-state index in [1.807, 2.05) is 0 Å². The zero-order valence-corrected chi connectivity index (χ0v) is 9.67. The number of hydrogen-bond acceptors (Lipinski definition) is 4. The molecule has 2 rings (SSSR count). The van der Waals surface area contributed by atoms with E-state index in [9.17, 15) is 14.0 Å². The lowest BCUT2D eigenvalue weighted by Gasteiger charge is -2.13. The minimum atomic E-state index is -1.02. The highest BCUT2D eigenvalue weighted by Crippen LogP contribution is 2.21. The summed E-state index contributed by atoms with van der Waals surface area (Å²) in [5, 5.41) is 4.89. The molecule has 0 aliphatic carbocycles. The molecule has 1 aliphatic heterocycles. The molecular formula is C12H11FN2O3. The fourth-order valence-corrected chi connectivity index (χ4v) is 1.56. The molecule has 0 aromatic heterocycles. The molecule has 0 N–H and O–H groups in total. The van der Waals surface area contributed by atoms with Gasteiger partial charge in [-0.2, -0.15) is 10.1 Å². The van der Waals surface area contributed by atoms with Crippen molar-refractivity contribution in [2.24, 2.45) is 11.0 Å². The van der Waals surface area contributed by atoms with Gasteiger partial charge in [0.15, 0.2) is 5.92 Å². The number of ether oxygens (including phenoxy) is 1. The molecule has 1 aliphatic rings. The summed E-state index contributed by atoms with van der Waals surface area (Å²) >= 11 is 0. The van der Waals surface area contributed by atoms with Crippen molar-refractivity contribution in [3.05, 3.63) is 30.1 Å². The number of amides is 1. The van der Waals surface area contributed by atoms with Gasteiger partial charge in [0.1, 0.15) is 5.82 Å². The predicted octanol–water partition coefficient (Wildman–Crippen LogP) is 1.34. The zero-order valence-electron chi connectivity index (χ0n) is 9.67. The number of rotatable bonds is 3. The molecule has 0 radical (unpaired) electrons. The highest BCUT2D eigenvalue weighted by molar-refractivity contribution is 6.19. The first-order valence-electron chi connectivity index (χ1n) is 5.43. The van der Waals surface area contributed by atoms with Crippen LogP contribution in [0.25, 0.3) is 0 Å². The van der Waals surface area contributed by atoms with Gasteiger partial charge in [0, 0.05) is 6.21 Å². The summed E-state index contributed by atoms with van der Waals surface area (Å²) < 4.78 is 17.5. The second-order valence-corrected chi connectivity index (χ2v) is 3.62. The van der Waals surface area contributed by atoms with Crippen molar-refractivity contribution in [1.82, 2.24) is 0 Å². The minimum absolute atomic E-state index is 0.201. The van der Waals surface area contributed by atoms with Gasteiger partial charge < -0.3 is 4.74 Å². The Hall–Kier alpha value is -2.24. The standard InChI is InChI=1S/C12H11FN2O3/c1-2-18-12(17)10-7-14-15(11(10)16)9-5-3-8(13)4-6-9/h3-7,10H,2H2,1H3. The maximum absolute atomic E-state index is 12.8. The van der Waals surface area contributed by atoms with Crippen LogP contribution in [0.5, 0.6) is 0 Å². The van der Waals surface area contributed by atoms with Gasteiger partial charge in [-0.3, -0.25) is 9.59 Å². The van der Waals surface area contributed by atoms with E-state index in [1.165, 1.54) is 30.5 Å². The van der Waals surface area contributed by atoms with Crippen LogP contribution in [0.2, 0.25) is 0 Å². The van der Waals surface area contributed by atoms with E-state index in [4.69, 9.17) is 4.74 Å². The molecule has 0 fully saturated rings. The molecular weight excluding hydrogens is 239 g/mol. The number of anilines is 1. The van der Waals surface area contributed by atoms with Gasteiger partial charge in [-0.05, 0) is 31.2 Å². The van der Waals surface area contributed by atoms with Crippen LogP contribution in [0, 0.1) is 11.7 Å². The van der Waals surface area contributed by atoms with Gasteiger partial charge in [-0.15, -0.1) is 0 Å². The summed E-state index contributed by atoms with van der Waals surface area (Å²) in [7, 11) is 0. The van der Waals surface area contributed by atoms with Crippen LogP contribution >= 0.6 is 0 Å². The largest absolute Gasteiger partial charge is 0.465 e. The summed E-state index contributed by atoms with van der Waals surface area (Å²) in [4.78, 5) is 23.4. The zero-order chi connectivity index (χ0) is 13.1. The van der Waals surface area contributed by atoms with Gasteiger partial charge in [0.25, 0.3) is 5.91 Å². The number of nitrogens with zero attached hydrogens (tertiary/aromatic N) is 2. The number of halogens is 1. The molecule has 0 bridgehead atoms. The fourth-order valence-electron chi connectivity index (χ4n) is 1.56. The predicted molar refractivity (Wildman–Crippen MR) is 62.5 cm³/mol. The Labute approximate surface area is 103 Å². The molecule has 18 heavy (non-hydrogen) atoms. The maximum atomic E-state index is 12.8. The van der Waals surface area contributed by atoms with E-state index >= 15 is 0 Å². The minimum Gasteiger partial charge on any atom is -0.465 e. The van der Waals surface area contributed by atoms with Crippen LogP contribution in [0.15, 0.2) is 29.4 Å². The third-order valence-electron chi connectivity index (χ3n) is 2.42. The first-order chi connectivity index (χ1) is 8.63. The van der Waals surface area contributed by atoms with Crippen molar-refractivity contribution in [2.45, 2.75) is 6.92 Å². The Bertz CT molecular complexity index is 499. The summed E-state index contributed by atoms with van der Waals surface area (Å²) in [6, 6.07) is 5.27. The molecule has 1 unspecified atom stereocenters. The van der Waals surface area contributed by atoms with Crippen LogP contribution in [0.3, 0.4) is 0 Å². The topological polar surface area (TPSA) is 59.0 Å². The van der Waals surface area contributed by atoms with Gasteiger partial charge in [-0.1, -0.05) is 0 Å². The molecule has 1 aromatic carbocycles. The first-order valence-corrected chi connectivity index (χ1v) is 5.43. The lowest BCUT2D eigenvalue weighted by molar-refractivity contribution is -0.147. The van der Waals surface area contributed by atoms with E-state index in [0.717, 1.165) is 5.01 Å². The molecule has 0 saturated carbocycles. The molecule has 94 valence electrons. The second-order valence-electron chi connectivity index (χ2n) is 3.62. The third-order valence-corrected chi connectivity index (χ3v) is 2.42. The van der Waals surface area contributed by atoms with Gasteiger partial charge in [-0.25, -0.2) is 4.39 Å². The molecule has 1 heterocycles. The van der Waals surface area contributed by atoms with Gasteiger partial charge in [0.05, 0.1) is 12.3 Å². The lowest BCUT2D eigenvalue weighted by Crippen LogP contribution is -2.32. The SMILES string of the molecule is CCOC(=O)C1C=NN(c2ccc(F)cc2)C1=O. The van der Waals surface area contributed by atoms with Gasteiger partial charge in [0.2, 0.25) is 0 Å². The Morgan fingerprint density at radius 1 is 1.44 bits per heavy atom. The van der Waals surface area contributed by atoms with E-state index < -0.39 is 23.6 Å². The van der Waals surface area contributed by atoms with Crippen LogP contribution < -0.4 is 5.01 Å². The molecule has 0 spiro atoms. The van der Waals surface area contributed by atoms with Crippen LogP contribution in [0.4, 0.5) is 10.1 Å². The quantitative estimate of drug-likeness (QED) is 0.600. The van der Waals surface area contributed by atoms with Crippen molar-refractivity contribution < 1.29 is 18.7 Å². The number of hydrazone groups is 1. The van der Waals surface area contributed by atoms with Gasteiger partial charge >= 0.3 is 5.97 Å². The van der Waals surface area contributed by atoms with E-state index in [0.29, 0.717) is 5.69 Å². The number of carbonyl (C=O) groups is 2. The average molecular weight is 250 g/mol. The summed E-state index contributed by atoms with van der Waals surface area (Å²) in [6.07, 6.45) is 1.23. The van der Waals surface area contributed by atoms with E-state index in [1.54, 1.807) is 6.92 Å². The molecule has 1 amide bonds. The van der Waals surface area contributed by atoms with Crippen LogP contribution in [0.1, 0.15) is 6.92 Å². The Morgan fingerprint density at radius 2 is 2.11 bits per heavy atom. The summed E-state index contributed by atoms with van der Waals surface area (Å²) in [5.74, 6) is -2.55. The van der Waals surface area contributed by atoms with E-state index in [-0.39, 0.29) is 6.61 Å². The fraction of sp³-hybridized carbons (Fsp3) is 0.250. The number of benzene rings is 1. The lowest BCUT2D eigenvalue weighted by atomic mass is 10.1. The van der Waals surface area contributed by atoms with E-state index in [2.05, 4.69) is 5.10 Å². The van der Waals surface area contributed by atoms with Crippen LogP contribution in [-0.4, -0.2) is 24.7 Å². The highest BCUT2D eigenvalue weighted by atomic mass is 19.1. The second kappa shape index (κ2) is 4.95. The molecule has 0 saturated heterocycles. The monoisotopic (exact) mass is 250 g/mol. The number of esters is 1.